The average Bonchev–Trinajstić information content (AvgIpc) is 3.19. The summed E-state index contributed by atoms with van der Waals surface area (Å²) in [7, 11) is 0. The van der Waals surface area contributed by atoms with Crippen molar-refractivity contribution in [1.82, 2.24) is 15.5 Å². The van der Waals surface area contributed by atoms with Crippen LogP contribution in [-0.4, -0.2) is 22.7 Å². The van der Waals surface area contributed by atoms with Crippen LogP contribution in [0.2, 0.25) is 0 Å². The number of H-pyrrole nitrogens is 1. The van der Waals surface area contributed by atoms with Crippen molar-refractivity contribution in [1.29, 1.82) is 0 Å². The molecule has 0 aliphatic rings. The lowest BCUT2D eigenvalue weighted by Crippen LogP contribution is -2.26. The van der Waals surface area contributed by atoms with Crippen molar-refractivity contribution >= 4 is 5.91 Å². The van der Waals surface area contributed by atoms with E-state index in [1.165, 1.54) is 0 Å². The standard InChI is InChI=1S/C22H25N3O2/c1-3-4-14-27-19-12-10-18(11-13-19)21-20(15-23-25-21)22(26)24-16(2)17-8-6-5-7-9-17/h5-13,15-16H,3-4,14H2,1-2H3,(H,23,25)(H,24,26). The van der Waals surface area contributed by atoms with Gasteiger partial charge in [-0.1, -0.05) is 43.7 Å². The number of unbranched alkanes of at least 4 members (excludes halogenated alkanes) is 1. The average molecular weight is 363 g/mol. The Balaban J connectivity index is 1.70. The SMILES string of the molecule is CCCCOc1ccc(-c2[nH]ncc2C(=O)NC(C)c2ccccc2)cc1. The van der Waals surface area contributed by atoms with E-state index in [-0.39, 0.29) is 11.9 Å². The predicted octanol–water partition coefficient (Wildman–Crippen LogP) is 4.75. The third kappa shape index (κ3) is 4.76. The molecule has 0 radical (unpaired) electrons. The molecule has 2 N–H and O–H groups in total. The maximum atomic E-state index is 12.7. The molecular formula is C22H25N3O2. The Morgan fingerprint density at radius 2 is 1.89 bits per heavy atom. The number of nitrogens with one attached hydrogen (secondary N) is 2. The fraction of sp³-hybridized carbons (Fsp3) is 0.273. The smallest absolute Gasteiger partial charge is 0.255 e. The molecule has 0 bridgehead atoms. The lowest BCUT2D eigenvalue weighted by atomic mass is 10.1. The van der Waals surface area contributed by atoms with Crippen molar-refractivity contribution < 1.29 is 9.53 Å². The first-order chi connectivity index (χ1) is 13.2. The predicted molar refractivity (Wildman–Crippen MR) is 107 cm³/mol. The molecular weight excluding hydrogens is 338 g/mol. The first-order valence-electron chi connectivity index (χ1n) is 9.31. The summed E-state index contributed by atoms with van der Waals surface area (Å²) in [5.41, 5.74) is 3.18. The first-order valence-corrected chi connectivity index (χ1v) is 9.31. The molecule has 1 aromatic heterocycles. The second-order valence-corrected chi connectivity index (χ2v) is 6.49. The summed E-state index contributed by atoms with van der Waals surface area (Å²) in [5.74, 6) is 0.675. The Hall–Kier alpha value is -3.08. The van der Waals surface area contributed by atoms with E-state index in [1.54, 1.807) is 6.20 Å². The van der Waals surface area contributed by atoms with Gasteiger partial charge < -0.3 is 10.1 Å². The zero-order valence-electron chi connectivity index (χ0n) is 15.7. The largest absolute Gasteiger partial charge is 0.494 e. The van der Waals surface area contributed by atoms with Crippen molar-refractivity contribution in [3.05, 3.63) is 71.9 Å². The van der Waals surface area contributed by atoms with E-state index in [0.717, 1.165) is 29.7 Å². The zero-order valence-corrected chi connectivity index (χ0v) is 15.7. The molecule has 0 saturated carbocycles. The molecule has 1 unspecified atom stereocenters. The molecule has 0 saturated heterocycles. The van der Waals surface area contributed by atoms with Gasteiger partial charge in [-0.05, 0) is 43.2 Å². The number of nitrogens with zero attached hydrogens (tertiary/aromatic N) is 1. The second kappa shape index (κ2) is 9.03. The van der Waals surface area contributed by atoms with E-state index < -0.39 is 0 Å². The number of rotatable bonds is 8. The van der Waals surface area contributed by atoms with Crippen molar-refractivity contribution in [2.24, 2.45) is 0 Å². The monoisotopic (exact) mass is 363 g/mol. The third-order valence-corrected chi connectivity index (χ3v) is 4.44. The van der Waals surface area contributed by atoms with Crippen molar-refractivity contribution in [2.45, 2.75) is 32.7 Å². The first kappa shape index (κ1) is 18.7. The number of aromatic amines is 1. The van der Waals surface area contributed by atoms with Gasteiger partial charge in [-0.2, -0.15) is 5.10 Å². The Bertz CT molecular complexity index is 857. The Morgan fingerprint density at radius 1 is 1.15 bits per heavy atom. The van der Waals surface area contributed by atoms with Crippen LogP contribution in [0.4, 0.5) is 0 Å². The molecule has 27 heavy (non-hydrogen) atoms. The van der Waals surface area contributed by atoms with Gasteiger partial charge in [-0.15, -0.1) is 0 Å². The van der Waals surface area contributed by atoms with Crippen LogP contribution < -0.4 is 10.1 Å². The summed E-state index contributed by atoms with van der Waals surface area (Å²) in [6, 6.07) is 17.5. The molecule has 0 spiro atoms. The Morgan fingerprint density at radius 3 is 2.59 bits per heavy atom. The van der Waals surface area contributed by atoms with Gasteiger partial charge in [-0.25, -0.2) is 0 Å². The van der Waals surface area contributed by atoms with Crippen molar-refractivity contribution in [2.75, 3.05) is 6.61 Å². The minimum absolute atomic E-state index is 0.0872. The fourth-order valence-electron chi connectivity index (χ4n) is 2.83. The van der Waals surface area contributed by atoms with E-state index in [9.17, 15) is 4.79 Å². The maximum absolute atomic E-state index is 12.7. The number of carbonyl (C=O) groups is 1. The summed E-state index contributed by atoms with van der Waals surface area (Å²) in [6.45, 7) is 4.82. The maximum Gasteiger partial charge on any atom is 0.255 e. The molecule has 3 aromatic rings. The highest BCUT2D eigenvalue weighted by Crippen LogP contribution is 2.24. The van der Waals surface area contributed by atoms with Crippen molar-refractivity contribution in [3.8, 4) is 17.0 Å². The third-order valence-electron chi connectivity index (χ3n) is 4.44. The lowest BCUT2D eigenvalue weighted by Gasteiger charge is -2.14. The molecule has 5 heteroatoms. The quantitative estimate of drug-likeness (QED) is 0.568. The summed E-state index contributed by atoms with van der Waals surface area (Å²) in [5, 5.41) is 10.0. The number of ether oxygens (including phenoxy) is 1. The Kier molecular flexibility index (Phi) is 6.26. The summed E-state index contributed by atoms with van der Waals surface area (Å²) in [4.78, 5) is 12.7. The highest BCUT2D eigenvalue weighted by Gasteiger charge is 2.17. The highest BCUT2D eigenvalue weighted by molar-refractivity contribution is 5.99. The van der Waals surface area contributed by atoms with Crippen LogP contribution in [0.1, 0.15) is 48.7 Å². The van der Waals surface area contributed by atoms with Gasteiger partial charge >= 0.3 is 0 Å². The van der Waals surface area contributed by atoms with Gasteiger partial charge in [0.15, 0.2) is 0 Å². The molecule has 1 heterocycles. The highest BCUT2D eigenvalue weighted by atomic mass is 16.5. The summed E-state index contributed by atoms with van der Waals surface area (Å²) < 4.78 is 5.69. The minimum Gasteiger partial charge on any atom is -0.494 e. The number of aromatic nitrogens is 2. The van der Waals surface area contributed by atoms with Crippen LogP contribution in [0.5, 0.6) is 5.75 Å². The molecule has 5 nitrogen and oxygen atoms in total. The molecule has 0 fully saturated rings. The van der Waals surface area contributed by atoms with Crippen molar-refractivity contribution in [3.63, 3.8) is 0 Å². The van der Waals surface area contributed by atoms with Gasteiger partial charge in [-0.3, -0.25) is 9.89 Å². The topological polar surface area (TPSA) is 67.0 Å². The molecule has 1 amide bonds. The van der Waals surface area contributed by atoms with E-state index >= 15 is 0 Å². The summed E-state index contributed by atoms with van der Waals surface area (Å²) >= 11 is 0. The molecule has 3 rings (SSSR count). The zero-order chi connectivity index (χ0) is 19.1. The van der Waals surface area contributed by atoms with Crippen LogP contribution in [0.15, 0.2) is 60.8 Å². The van der Waals surface area contributed by atoms with E-state index in [1.807, 2.05) is 61.5 Å². The minimum atomic E-state index is -0.154. The lowest BCUT2D eigenvalue weighted by molar-refractivity contribution is 0.0940. The van der Waals surface area contributed by atoms with E-state index in [4.69, 9.17) is 4.74 Å². The van der Waals surface area contributed by atoms with Gasteiger partial charge in [0.25, 0.3) is 5.91 Å². The van der Waals surface area contributed by atoms with Crippen LogP contribution in [0.25, 0.3) is 11.3 Å². The summed E-state index contributed by atoms with van der Waals surface area (Å²) in [6.07, 6.45) is 3.70. The number of amides is 1. The van der Waals surface area contributed by atoms with Gasteiger partial charge in [0.2, 0.25) is 0 Å². The van der Waals surface area contributed by atoms with Crippen LogP contribution in [0, 0.1) is 0 Å². The van der Waals surface area contributed by atoms with Crippen LogP contribution in [0.3, 0.4) is 0 Å². The normalized spacial score (nSPS) is 11.8. The van der Waals surface area contributed by atoms with E-state index in [2.05, 4.69) is 22.4 Å². The van der Waals surface area contributed by atoms with Gasteiger partial charge in [0, 0.05) is 5.56 Å². The number of hydrogen-bond acceptors (Lipinski definition) is 3. The second-order valence-electron chi connectivity index (χ2n) is 6.49. The van der Waals surface area contributed by atoms with E-state index in [0.29, 0.717) is 17.9 Å². The molecule has 2 aromatic carbocycles. The number of carbonyl (C=O) groups excluding carboxylic acids is 1. The number of hydrogen-bond donors (Lipinski definition) is 2. The molecule has 0 aliphatic carbocycles. The molecule has 1 atom stereocenters. The van der Waals surface area contributed by atoms with Gasteiger partial charge in [0.1, 0.15) is 5.75 Å². The van der Waals surface area contributed by atoms with Crippen LogP contribution >= 0.6 is 0 Å². The number of benzene rings is 2. The fourth-order valence-corrected chi connectivity index (χ4v) is 2.83. The molecule has 0 aliphatic heterocycles. The molecule has 140 valence electrons. The van der Waals surface area contributed by atoms with Crippen LogP contribution in [-0.2, 0) is 0 Å². The Labute approximate surface area is 159 Å². The van der Waals surface area contributed by atoms with Gasteiger partial charge in [0.05, 0.1) is 30.1 Å².